The molecule has 1 radical (unpaired) electrons. The average Bonchev–Trinajstić information content (AvgIpc) is 2.59. The van der Waals surface area contributed by atoms with E-state index >= 15 is 0 Å². The van der Waals surface area contributed by atoms with Crippen LogP contribution in [0.1, 0.15) is 37.8 Å². The Balaban J connectivity index is 1.91. The third-order valence-electron chi connectivity index (χ3n) is 3.83. The summed E-state index contributed by atoms with van der Waals surface area (Å²) in [5.41, 5.74) is 4.66. The van der Waals surface area contributed by atoms with Crippen LogP contribution in [0.25, 0.3) is 0 Å². The molecule has 1 aromatic heterocycles. The number of nitrogens with two attached hydrogens (primary N) is 1. The van der Waals surface area contributed by atoms with Gasteiger partial charge >= 0.3 is 6.18 Å². The van der Waals surface area contributed by atoms with Gasteiger partial charge in [0.05, 0.1) is 29.6 Å². The van der Waals surface area contributed by atoms with Crippen molar-refractivity contribution in [2.75, 3.05) is 6.54 Å². The largest absolute Gasteiger partial charge is 0.417 e. The zero-order valence-electron chi connectivity index (χ0n) is 12.8. The number of benzene rings is 1. The van der Waals surface area contributed by atoms with Crippen LogP contribution in [0, 0.1) is 6.20 Å². The van der Waals surface area contributed by atoms with Crippen LogP contribution in [0.3, 0.4) is 0 Å². The number of fused-ring (bicyclic) bond motifs is 1. The van der Waals surface area contributed by atoms with Crippen molar-refractivity contribution in [3.63, 3.8) is 0 Å². The van der Waals surface area contributed by atoms with Crippen molar-refractivity contribution in [1.29, 1.82) is 0 Å². The molecule has 0 unspecified atom stereocenters. The molecule has 0 fully saturated rings. The number of hydrogen-bond donors (Lipinski definition) is 1. The van der Waals surface area contributed by atoms with E-state index in [1.165, 1.54) is 17.0 Å². The first-order chi connectivity index (χ1) is 11.8. The standard InChI is InChI=1S/C16H12F3N4O2/c17-16(18,19)11-4-2-1-3-10(11)15(25)23-6-5-9-7-21-14(13(20)24)22-12(9)8-23/h1-4H,5-6,8H2,(H2,20,24). The summed E-state index contributed by atoms with van der Waals surface area (Å²) in [5, 5.41) is 0. The van der Waals surface area contributed by atoms with Gasteiger partial charge in [-0.2, -0.15) is 13.2 Å². The molecule has 2 N–H and O–H groups in total. The number of carbonyl (C=O) groups excluding carboxylic acids is 2. The van der Waals surface area contributed by atoms with Gasteiger partial charge < -0.3 is 10.6 Å². The topological polar surface area (TPSA) is 89.2 Å². The Kier molecular flexibility index (Phi) is 4.15. The van der Waals surface area contributed by atoms with Crippen LogP contribution in [0.5, 0.6) is 0 Å². The fraction of sp³-hybridized carbons (Fsp3) is 0.250. The summed E-state index contributed by atoms with van der Waals surface area (Å²) in [7, 11) is 0. The van der Waals surface area contributed by atoms with Crippen LogP contribution in [-0.2, 0) is 19.1 Å². The summed E-state index contributed by atoms with van der Waals surface area (Å²) in [6, 6.07) is 4.61. The van der Waals surface area contributed by atoms with Crippen molar-refractivity contribution in [2.24, 2.45) is 5.73 Å². The maximum atomic E-state index is 13.1. The van der Waals surface area contributed by atoms with Crippen LogP contribution < -0.4 is 5.73 Å². The highest BCUT2D eigenvalue weighted by molar-refractivity contribution is 5.96. The van der Waals surface area contributed by atoms with Gasteiger partial charge in [0.1, 0.15) is 0 Å². The molecular formula is C16H12F3N4O2. The van der Waals surface area contributed by atoms with E-state index in [1.54, 1.807) is 0 Å². The smallest absolute Gasteiger partial charge is 0.363 e. The van der Waals surface area contributed by atoms with Crippen molar-refractivity contribution in [1.82, 2.24) is 14.9 Å². The molecule has 6 nitrogen and oxygen atoms in total. The number of hydrogen-bond acceptors (Lipinski definition) is 4. The fourth-order valence-corrected chi connectivity index (χ4v) is 2.61. The second kappa shape index (κ2) is 6.15. The Bertz CT molecular complexity index is 852. The number of carbonyl (C=O) groups is 2. The van der Waals surface area contributed by atoms with E-state index in [0.29, 0.717) is 17.7 Å². The zero-order chi connectivity index (χ0) is 18.2. The maximum Gasteiger partial charge on any atom is 0.417 e. The zero-order valence-corrected chi connectivity index (χ0v) is 12.8. The van der Waals surface area contributed by atoms with Gasteiger partial charge in [0.25, 0.3) is 11.8 Å². The molecular weight excluding hydrogens is 337 g/mol. The second-order valence-electron chi connectivity index (χ2n) is 5.47. The minimum Gasteiger partial charge on any atom is -0.363 e. The molecule has 9 heteroatoms. The Labute approximate surface area is 140 Å². The van der Waals surface area contributed by atoms with Gasteiger partial charge in [0.15, 0.2) is 0 Å². The molecule has 25 heavy (non-hydrogen) atoms. The van der Waals surface area contributed by atoms with Crippen LogP contribution >= 0.6 is 0 Å². The lowest BCUT2D eigenvalue weighted by molar-refractivity contribution is -0.138. The van der Waals surface area contributed by atoms with E-state index in [-0.39, 0.29) is 18.9 Å². The molecule has 2 heterocycles. The minimum absolute atomic E-state index is 0.0420. The molecule has 1 aliphatic heterocycles. The van der Waals surface area contributed by atoms with E-state index in [0.717, 1.165) is 12.1 Å². The SMILES string of the molecule is NC(=O)c1n[c]c2c(n1)CN(C(=O)c1ccccc1C(F)(F)F)CC2. The summed E-state index contributed by atoms with van der Waals surface area (Å²) in [4.78, 5) is 32.7. The van der Waals surface area contributed by atoms with E-state index < -0.39 is 29.1 Å². The molecule has 2 aromatic rings. The lowest BCUT2D eigenvalue weighted by Gasteiger charge is -2.28. The van der Waals surface area contributed by atoms with Crippen molar-refractivity contribution in [3.05, 3.63) is 58.7 Å². The number of amides is 2. The van der Waals surface area contributed by atoms with E-state index in [4.69, 9.17) is 5.73 Å². The first kappa shape index (κ1) is 16.9. The van der Waals surface area contributed by atoms with Crippen molar-refractivity contribution in [3.8, 4) is 0 Å². The van der Waals surface area contributed by atoms with Crippen LogP contribution in [0.4, 0.5) is 13.2 Å². The Hall–Kier alpha value is -2.97. The molecule has 1 aliphatic rings. The van der Waals surface area contributed by atoms with Crippen molar-refractivity contribution >= 4 is 11.8 Å². The minimum atomic E-state index is -4.63. The summed E-state index contributed by atoms with van der Waals surface area (Å²) < 4.78 is 39.3. The summed E-state index contributed by atoms with van der Waals surface area (Å²) in [6.45, 7) is 0.160. The second-order valence-corrected chi connectivity index (χ2v) is 5.47. The fourth-order valence-electron chi connectivity index (χ4n) is 2.61. The molecule has 2 amide bonds. The molecule has 129 valence electrons. The quantitative estimate of drug-likeness (QED) is 0.892. The third-order valence-corrected chi connectivity index (χ3v) is 3.83. The number of halogens is 3. The first-order valence-electron chi connectivity index (χ1n) is 7.30. The monoisotopic (exact) mass is 349 g/mol. The van der Waals surface area contributed by atoms with E-state index in [1.807, 2.05) is 0 Å². The van der Waals surface area contributed by atoms with Crippen molar-refractivity contribution in [2.45, 2.75) is 19.1 Å². The summed E-state index contributed by atoms with van der Waals surface area (Å²) >= 11 is 0. The predicted octanol–water partition coefficient (Wildman–Crippen LogP) is 1.59. The number of nitrogens with zero attached hydrogens (tertiary/aromatic N) is 3. The molecule has 0 saturated carbocycles. The molecule has 0 saturated heterocycles. The highest BCUT2D eigenvalue weighted by Crippen LogP contribution is 2.33. The molecule has 0 bridgehead atoms. The molecule has 0 atom stereocenters. The Morgan fingerprint density at radius 2 is 1.96 bits per heavy atom. The predicted molar refractivity (Wildman–Crippen MR) is 79.3 cm³/mol. The Morgan fingerprint density at radius 3 is 2.64 bits per heavy atom. The van der Waals surface area contributed by atoms with E-state index in [2.05, 4.69) is 16.2 Å². The van der Waals surface area contributed by atoms with Gasteiger partial charge in [-0.15, -0.1) is 0 Å². The lowest BCUT2D eigenvalue weighted by atomic mass is 10.0. The lowest BCUT2D eigenvalue weighted by Crippen LogP contribution is -2.38. The Morgan fingerprint density at radius 1 is 1.24 bits per heavy atom. The summed E-state index contributed by atoms with van der Waals surface area (Å²) in [6.07, 6.45) is -1.66. The van der Waals surface area contributed by atoms with Crippen LogP contribution in [0.2, 0.25) is 0 Å². The molecule has 3 rings (SSSR count). The van der Waals surface area contributed by atoms with E-state index in [9.17, 15) is 22.8 Å². The molecule has 0 spiro atoms. The number of alkyl halides is 3. The van der Waals surface area contributed by atoms with Gasteiger partial charge in [0.2, 0.25) is 5.82 Å². The van der Waals surface area contributed by atoms with Gasteiger partial charge in [-0.05, 0) is 18.6 Å². The number of primary amides is 1. The van der Waals surface area contributed by atoms with Crippen LogP contribution in [-0.4, -0.2) is 33.2 Å². The highest BCUT2D eigenvalue weighted by Gasteiger charge is 2.36. The summed E-state index contributed by atoms with van der Waals surface area (Å²) in [5.74, 6) is -1.84. The van der Waals surface area contributed by atoms with Crippen molar-refractivity contribution < 1.29 is 22.8 Å². The van der Waals surface area contributed by atoms with Crippen LogP contribution in [0.15, 0.2) is 24.3 Å². The average molecular weight is 349 g/mol. The van der Waals surface area contributed by atoms with Gasteiger partial charge in [-0.1, -0.05) is 12.1 Å². The van der Waals surface area contributed by atoms with Gasteiger partial charge in [0, 0.05) is 12.1 Å². The van der Waals surface area contributed by atoms with Gasteiger partial charge in [-0.3, -0.25) is 9.59 Å². The van der Waals surface area contributed by atoms with Gasteiger partial charge in [-0.25, -0.2) is 9.97 Å². The number of aromatic nitrogens is 2. The third kappa shape index (κ3) is 3.30. The first-order valence-corrected chi connectivity index (χ1v) is 7.30. The number of rotatable bonds is 2. The maximum absolute atomic E-state index is 13.1. The molecule has 1 aromatic carbocycles. The molecule has 0 aliphatic carbocycles. The normalized spacial score (nSPS) is 14.1. The highest BCUT2D eigenvalue weighted by atomic mass is 19.4.